The number of hydrogen-bond acceptors (Lipinski definition) is 6. The second-order valence-corrected chi connectivity index (χ2v) is 12.5. The van der Waals surface area contributed by atoms with Crippen LogP contribution >= 0.6 is 0 Å². The Bertz CT molecular complexity index is 1180. The molecule has 0 radical (unpaired) electrons. The maximum Gasteiger partial charge on any atom is 0.410 e. The van der Waals surface area contributed by atoms with Gasteiger partial charge >= 0.3 is 6.09 Å². The molecule has 2 amide bonds. The topological polar surface area (TPSA) is 84.0 Å². The Kier molecular flexibility index (Phi) is 7.85. The fourth-order valence-corrected chi connectivity index (χ4v) is 5.81. The highest BCUT2D eigenvalue weighted by molar-refractivity contribution is 5.95. The normalized spacial score (nSPS) is 22.4. The molecule has 3 heterocycles. The summed E-state index contributed by atoms with van der Waals surface area (Å²) >= 11 is 0. The van der Waals surface area contributed by atoms with Gasteiger partial charge in [-0.3, -0.25) is 9.78 Å². The lowest BCUT2D eigenvalue weighted by Gasteiger charge is -2.40. The van der Waals surface area contributed by atoms with E-state index in [1.165, 1.54) is 0 Å². The summed E-state index contributed by atoms with van der Waals surface area (Å²) < 4.78 is 11.9. The number of pyridine rings is 1. The first-order valence-electron chi connectivity index (χ1n) is 14.3. The van der Waals surface area contributed by atoms with Crippen molar-refractivity contribution in [2.75, 3.05) is 39.8 Å². The number of para-hydroxylation sites is 1. The molecule has 1 saturated carbocycles. The molecule has 2 fully saturated rings. The van der Waals surface area contributed by atoms with Crippen molar-refractivity contribution < 1.29 is 19.1 Å². The predicted octanol–water partition coefficient (Wildman–Crippen LogP) is 4.99. The van der Waals surface area contributed by atoms with Crippen LogP contribution in [0.25, 0.3) is 11.1 Å². The lowest BCUT2D eigenvalue weighted by atomic mass is 9.86. The number of nitrogens with one attached hydrogen (secondary N) is 1. The first kappa shape index (κ1) is 27.4. The van der Waals surface area contributed by atoms with E-state index in [2.05, 4.69) is 10.3 Å². The van der Waals surface area contributed by atoms with E-state index in [0.717, 1.165) is 62.1 Å². The zero-order valence-electron chi connectivity index (χ0n) is 23.7. The van der Waals surface area contributed by atoms with Crippen LogP contribution in [0.1, 0.15) is 63.2 Å². The number of piperidine rings is 1. The SMILES string of the molecule is CN1C(=O)c2cncc(c2)-c2ccccc2OCC2(CC2)CNCCC1C1CCN(C(=O)OC(C)(C)C)CC1. The average molecular weight is 535 g/mol. The third-order valence-electron chi connectivity index (χ3n) is 8.34. The molecule has 1 atom stereocenters. The molecule has 5 rings (SSSR count). The quantitative estimate of drug-likeness (QED) is 0.555. The van der Waals surface area contributed by atoms with Gasteiger partial charge in [0.15, 0.2) is 0 Å². The number of carbonyl (C=O) groups is 2. The maximum atomic E-state index is 13.8. The zero-order chi connectivity index (χ0) is 27.6. The molecule has 1 saturated heterocycles. The van der Waals surface area contributed by atoms with Gasteiger partial charge in [0, 0.05) is 61.7 Å². The smallest absolute Gasteiger partial charge is 0.410 e. The number of likely N-dealkylation sites (tertiary alicyclic amines) is 1. The van der Waals surface area contributed by atoms with Crippen LogP contribution in [0.2, 0.25) is 0 Å². The van der Waals surface area contributed by atoms with E-state index in [9.17, 15) is 9.59 Å². The van der Waals surface area contributed by atoms with Gasteiger partial charge in [-0.1, -0.05) is 18.2 Å². The van der Waals surface area contributed by atoms with E-state index in [1.807, 2.05) is 63.1 Å². The summed E-state index contributed by atoms with van der Waals surface area (Å²) in [5.41, 5.74) is 2.06. The summed E-state index contributed by atoms with van der Waals surface area (Å²) in [6, 6.07) is 9.99. The second-order valence-electron chi connectivity index (χ2n) is 12.5. The summed E-state index contributed by atoms with van der Waals surface area (Å²) in [5.74, 6) is 1.09. The molecule has 8 heteroatoms. The molecule has 2 bridgehead atoms. The Balaban J connectivity index is 1.37. The monoisotopic (exact) mass is 534 g/mol. The molecule has 1 N–H and O–H groups in total. The fourth-order valence-electron chi connectivity index (χ4n) is 5.81. The predicted molar refractivity (Wildman–Crippen MR) is 151 cm³/mol. The molecule has 3 aliphatic rings. The number of benzene rings is 1. The lowest BCUT2D eigenvalue weighted by Crippen LogP contribution is -2.49. The molecule has 1 aromatic heterocycles. The molecule has 1 unspecified atom stereocenters. The van der Waals surface area contributed by atoms with Crippen molar-refractivity contribution in [3.05, 3.63) is 48.3 Å². The minimum Gasteiger partial charge on any atom is -0.492 e. The molecule has 2 aliphatic heterocycles. The largest absolute Gasteiger partial charge is 0.492 e. The van der Waals surface area contributed by atoms with Crippen molar-refractivity contribution in [2.24, 2.45) is 11.3 Å². The molecular weight excluding hydrogens is 492 g/mol. The molecule has 1 spiro atoms. The molecular formula is C31H42N4O4. The minimum atomic E-state index is -0.511. The van der Waals surface area contributed by atoms with E-state index in [1.54, 1.807) is 17.3 Å². The number of hydrogen-bond donors (Lipinski definition) is 1. The van der Waals surface area contributed by atoms with Crippen LogP contribution in [-0.2, 0) is 4.74 Å². The molecule has 39 heavy (non-hydrogen) atoms. The molecule has 210 valence electrons. The van der Waals surface area contributed by atoms with Gasteiger partial charge in [0.1, 0.15) is 11.4 Å². The zero-order valence-corrected chi connectivity index (χ0v) is 23.7. The van der Waals surface area contributed by atoms with Crippen LogP contribution in [-0.4, -0.2) is 78.3 Å². The Hall–Kier alpha value is -3.13. The van der Waals surface area contributed by atoms with Crippen LogP contribution in [0, 0.1) is 11.3 Å². The first-order valence-corrected chi connectivity index (χ1v) is 14.3. The minimum absolute atomic E-state index is 0.0316. The average Bonchev–Trinajstić information content (AvgIpc) is 3.70. The van der Waals surface area contributed by atoms with Gasteiger partial charge in [0.25, 0.3) is 5.91 Å². The van der Waals surface area contributed by atoms with Crippen molar-refractivity contribution in [1.29, 1.82) is 0 Å². The van der Waals surface area contributed by atoms with Crippen molar-refractivity contribution >= 4 is 12.0 Å². The number of rotatable bonds is 1. The summed E-state index contributed by atoms with van der Waals surface area (Å²) in [6.45, 7) is 9.36. The molecule has 1 aromatic carbocycles. The number of ether oxygens (including phenoxy) is 2. The maximum absolute atomic E-state index is 13.8. The van der Waals surface area contributed by atoms with E-state index in [-0.39, 0.29) is 23.5 Å². The highest BCUT2D eigenvalue weighted by Crippen LogP contribution is 2.46. The van der Waals surface area contributed by atoms with E-state index in [0.29, 0.717) is 31.2 Å². The summed E-state index contributed by atoms with van der Waals surface area (Å²) in [5, 5.41) is 3.68. The van der Waals surface area contributed by atoms with Crippen molar-refractivity contribution in [3.63, 3.8) is 0 Å². The van der Waals surface area contributed by atoms with Crippen LogP contribution in [0.4, 0.5) is 4.79 Å². The van der Waals surface area contributed by atoms with Gasteiger partial charge in [-0.15, -0.1) is 0 Å². The standard InChI is InChI=1S/C31H42N4O4/c1-30(2,3)39-29(37)35-15-10-22(11-16-35)26-9-14-32-20-31(12-13-31)21-38-27-8-6-5-7-25(27)23-17-24(19-33-18-23)28(36)34(26)4/h5-8,17-19,22,26,32H,9-16,20-21H2,1-4H3. The Morgan fingerprint density at radius 1 is 1.10 bits per heavy atom. The summed E-state index contributed by atoms with van der Waals surface area (Å²) in [6.07, 6.45) is 8.04. The van der Waals surface area contributed by atoms with E-state index < -0.39 is 5.60 Å². The molecule has 8 nitrogen and oxygen atoms in total. The number of amides is 2. The van der Waals surface area contributed by atoms with Crippen LogP contribution < -0.4 is 10.1 Å². The lowest BCUT2D eigenvalue weighted by molar-refractivity contribution is 0.0131. The van der Waals surface area contributed by atoms with Gasteiger partial charge in [-0.25, -0.2) is 4.79 Å². The molecule has 2 aromatic rings. The van der Waals surface area contributed by atoms with Crippen LogP contribution in [0.15, 0.2) is 42.7 Å². The van der Waals surface area contributed by atoms with Crippen LogP contribution in [0.3, 0.4) is 0 Å². The Morgan fingerprint density at radius 3 is 2.54 bits per heavy atom. The Labute approximate surface area is 232 Å². The first-order chi connectivity index (χ1) is 18.6. The highest BCUT2D eigenvalue weighted by atomic mass is 16.6. The van der Waals surface area contributed by atoms with Gasteiger partial charge < -0.3 is 24.6 Å². The number of aromatic nitrogens is 1. The van der Waals surface area contributed by atoms with Gasteiger partial charge in [-0.2, -0.15) is 0 Å². The van der Waals surface area contributed by atoms with Gasteiger partial charge in [-0.05, 0) is 77.5 Å². The van der Waals surface area contributed by atoms with Crippen molar-refractivity contribution in [2.45, 2.75) is 64.5 Å². The van der Waals surface area contributed by atoms with Crippen LogP contribution in [0.5, 0.6) is 5.75 Å². The van der Waals surface area contributed by atoms with E-state index in [4.69, 9.17) is 9.47 Å². The highest BCUT2D eigenvalue weighted by Gasteiger charge is 2.43. The van der Waals surface area contributed by atoms with Crippen molar-refractivity contribution in [1.82, 2.24) is 20.1 Å². The van der Waals surface area contributed by atoms with Gasteiger partial charge in [0.05, 0.1) is 12.2 Å². The summed E-state index contributed by atoms with van der Waals surface area (Å²) in [4.78, 5) is 34.6. The second kappa shape index (κ2) is 11.2. The third kappa shape index (κ3) is 6.55. The number of fused-ring (bicyclic) bond motifs is 4. The van der Waals surface area contributed by atoms with E-state index >= 15 is 0 Å². The fraction of sp³-hybridized carbons (Fsp3) is 0.581. The Morgan fingerprint density at radius 2 is 1.82 bits per heavy atom. The number of nitrogens with zero attached hydrogens (tertiary/aromatic N) is 3. The molecule has 1 aliphatic carbocycles. The summed E-state index contributed by atoms with van der Waals surface area (Å²) in [7, 11) is 1.91. The van der Waals surface area contributed by atoms with Gasteiger partial charge in [0.2, 0.25) is 0 Å². The van der Waals surface area contributed by atoms with Crippen molar-refractivity contribution in [3.8, 4) is 16.9 Å². The third-order valence-corrected chi connectivity index (χ3v) is 8.34. The number of carbonyl (C=O) groups excluding carboxylic acids is 2.